The summed E-state index contributed by atoms with van der Waals surface area (Å²) in [7, 11) is 1.53. The molecule has 2 rings (SSSR count). The normalized spacial score (nSPS) is 21.3. The molecule has 1 fully saturated rings. The Morgan fingerprint density at radius 1 is 1.57 bits per heavy atom. The van der Waals surface area contributed by atoms with Gasteiger partial charge in [0.1, 0.15) is 12.3 Å². The van der Waals surface area contributed by atoms with Gasteiger partial charge in [0.2, 0.25) is 0 Å². The Morgan fingerprint density at radius 3 is 2.76 bits per heavy atom. The zero-order chi connectivity index (χ0) is 15.8. The van der Waals surface area contributed by atoms with E-state index in [9.17, 15) is 14.0 Å². The van der Waals surface area contributed by atoms with Crippen LogP contribution in [0.3, 0.4) is 0 Å². The van der Waals surface area contributed by atoms with E-state index in [2.05, 4.69) is 10.9 Å². The van der Waals surface area contributed by atoms with Crippen LogP contribution in [-0.2, 0) is 0 Å². The second-order valence-corrected chi connectivity index (χ2v) is 5.13. The minimum Gasteiger partial charge on any atom is -0.485 e. The summed E-state index contributed by atoms with van der Waals surface area (Å²) in [6.07, 6.45) is 0. The monoisotopic (exact) mass is 317 g/mol. The van der Waals surface area contributed by atoms with Gasteiger partial charge in [0.15, 0.2) is 11.6 Å². The average Bonchev–Trinajstić information content (AvgIpc) is 2.66. The maximum Gasteiger partial charge on any atom is 0.338 e. The molecule has 1 aliphatic rings. The van der Waals surface area contributed by atoms with Crippen molar-refractivity contribution >= 4 is 23.6 Å². The minimum absolute atomic E-state index is 0.0546. The van der Waals surface area contributed by atoms with E-state index in [1.807, 2.05) is 0 Å². The van der Waals surface area contributed by atoms with Crippen molar-refractivity contribution in [1.82, 2.24) is 15.8 Å². The zero-order valence-corrected chi connectivity index (χ0v) is 12.0. The van der Waals surface area contributed by atoms with Gasteiger partial charge in [0.05, 0.1) is 10.6 Å². The van der Waals surface area contributed by atoms with Crippen LogP contribution >= 0.6 is 11.6 Å². The first kappa shape index (κ1) is 15.3. The molecule has 1 aliphatic heterocycles. The average molecular weight is 318 g/mol. The first-order chi connectivity index (χ1) is 9.76. The molecule has 3 N–H and O–H groups in total. The van der Waals surface area contributed by atoms with E-state index in [0.717, 1.165) is 6.07 Å². The fourth-order valence-electron chi connectivity index (χ4n) is 1.76. The van der Waals surface area contributed by atoms with Crippen LogP contribution in [0.4, 0.5) is 9.18 Å². The van der Waals surface area contributed by atoms with E-state index < -0.39 is 23.0 Å². The Morgan fingerprint density at radius 2 is 2.24 bits per heavy atom. The number of hydrazine groups is 1. The number of nitrogens with zero attached hydrogens (tertiary/aromatic N) is 1. The molecule has 1 atom stereocenters. The summed E-state index contributed by atoms with van der Waals surface area (Å²) in [5, 5.41) is 8.82. The third-order valence-corrected chi connectivity index (χ3v) is 3.56. The lowest BCUT2D eigenvalue weighted by molar-refractivity contribution is 0.0689. The number of benzene rings is 1. The Balaban J connectivity index is 2.23. The number of nitrogens with one attached hydrogen (secondary N) is 2. The predicted octanol–water partition coefficient (Wildman–Crippen LogP) is 1.43. The van der Waals surface area contributed by atoms with Crippen molar-refractivity contribution in [3.8, 4) is 5.75 Å². The third kappa shape index (κ3) is 2.72. The fourth-order valence-corrected chi connectivity index (χ4v) is 1.96. The number of aromatic carboxylic acids is 1. The maximum absolute atomic E-state index is 14.0. The van der Waals surface area contributed by atoms with Crippen LogP contribution in [-0.4, -0.2) is 41.3 Å². The van der Waals surface area contributed by atoms with Gasteiger partial charge in [-0.3, -0.25) is 5.43 Å². The number of ether oxygens (including phenoxy) is 1. The Labute approximate surface area is 124 Å². The number of urea groups is 1. The van der Waals surface area contributed by atoms with Gasteiger partial charge in [-0.25, -0.2) is 19.4 Å². The van der Waals surface area contributed by atoms with E-state index in [-0.39, 0.29) is 23.4 Å². The summed E-state index contributed by atoms with van der Waals surface area (Å²) in [5.41, 5.74) is 3.62. The zero-order valence-electron chi connectivity index (χ0n) is 11.2. The van der Waals surface area contributed by atoms with Gasteiger partial charge in [0.25, 0.3) is 0 Å². The number of hydrogen-bond acceptors (Lipinski definition) is 4. The lowest BCUT2D eigenvalue weighted by atomic mass is 10.2. The highest BCUT2D eigenvalue weighted by molar-refractivity contribution is 6.32. The molecule has 1 saturated heterocycles. The number of halogens is 2. The van der Waals surface area contributed by atoms with Gasteiger partial charge in [-0.2, -0.15) is 0 Å². The van der Waals surface area contributed by atoms with Gasteiger partial charge in [0, 0.05) is 7.05 Å². The third-order valence-electron chi connectivity index (χ3n) is 3.26. The van der Waals surface area contributed by atoms with E-state index in [4.69, 9.17) is 21.4 Å². The van der Waals surface area contributed by atoms with Crippen LogP contribution in [0.2, 0.25) is 5.02 Å². The van der Waals surface area contributed by atoms with Crippen molar-refractivity contribution in [2.45, 2.75) is 12.6 Å². The molecule has 114 valence electrons. The molecular formula is C12H13ClFN3O4. The number of amides is 2. The quantitative estimate of drug-likeness (QED) is 0.781. The number of carbonyl (C=O) groups excluding carboxylic acids is 1. The Kier molecular flexibility index (Phi) is 3.93. The summed E-state index contributed by atoms with van der Waals surface area (Å²) in [5.74, 6) is -2.85. The molecule has 0 bridgehead atoms. The molecule has 1 aromatic carbocycles. The highest BCUT2D eigenvalue weighted by atomic mass is 35.5. The van der Waals surface area contributed by atoms with Crippen LogP contribution in [0, 0.1) is 5.82 Å². The highest BCUT2D eigenvalue weighted by Crippen LogP contribution is 2.31. The van der Waals surface area contributed by atoms with Crippen molar-refractivity contribution in [2.24, 2.45) is 0 Å². The van der Waals surface area contributed by atoms with Crippen LogP contribution in [0.15, 0.2) is 12.1 Å². The number of rotatable bonds is 4. The summed E-state index contributed by atoms with van der Waals surface area (Å²) >= 11 is 5.83. The van der Waals surface area contributed by atoms with Crippen molar-refractivity contribution < 1.29 is 23.8 Å². The van der Waals surface area contributed by atoms with E-state index in [1.165, 1.54) is 18.0 Å². The topological polar surface area (TPSA) is 90.9 Å². The van der Waals surface area contributed by atoms with Gasteiger partial charge in [-0.15, -0.1) is 0 Å². The lowest BCUT2D eigenvalue weighted by Crippen LogP contribution is -2.53. The molecule has 0 aromatic heterocycles. The predicted molar refractivity (Wildman–Crippen MR) is 71.7 cm³/mol. The molecular weight excluding hydrogens is 305 g/mol. The largest absolute Gasteiger partial charge is 0.485 e. The number of carbonyl (C=O) groups is 2. The van der Waals surface area contributed by atoms with Crippen molar-refractivity contribution in [3.05, 3.63) is 28.5 Å². The van der Waals surface area contributed by atoms with Crippen LogP contribution in [0.5, 0.6) is 5.75 Å². The van der Waals surface area contributed by atoms with Gasteiger partial charge in [-0.05, 0) is 19.1 Å². The summed E-state index contributed by atoms with van der Waals surface area (Å²) in [6, 6.07) is 1.92. The Hall–Kier alpha value is -2.06. The van der Waals surface area contributed by atoms with Gasteiger partial charge >= 0.3 is 12.0 Å². The molecule has 7 nitrogen and oxygen atoms in total. The molecule has 0 spiro atoms. The first-order valence-corrected chi connectivity index (χ1v) is 6.29. The lowest BCUT2D eigenvalue weighted by Gasteiger charge is -2.30. The van der Waals surface area contributed by atoms with E-state index in [1.54, 1.807) is 6.92 Å². The smallest absolute Gasteiger partial charge is 0.338 e. The fraction of sp³-hybridized carbons (Fsp3) is 0.333. The minimum atomic E-state index is -1.42. The molecule has 1 unspecified atom stereocenters. The van der Waals surface area contributed by atoms with Crippen molar-refractivity contribution in [3.63, 3.8) is 0 Å². The molecule has 2 amide bonds. The van der Waals surface area contributed by atoms with E-state index in [0.29, 0.717) is 0 Å². The molecule has 1 heterocycles. The Bertz CT molecular complexity index is 612. The summed E-state index contributed by atoms with van der Waals surface area (Å²) in [4.78, 5) is 23.6. The number of hydrogen-bond donors (Lipinski definition) is 3. The van der Waals surface area contributed by atoms with Gasteiger partial charge < -0.3 is 14.7 Å². The SMILES string of the molecule is CN1C(=O)NNC1(C)COc1c(Cl)ccc(C(=O)O)c1F. The standard InChI is InChI=1S/C12H13ClFN3O4/c1-12(16-15-11(20)17(12)2)5-21-9-7(13)4-3-6(8(9)14)10(18)19/h3-4,16H,5H2,1-2H3,(H,15,20)(H,18,19). The highest BCUT2D eigenvalue weighted by Gasteiger charge is 2.40. The number of carboxylic acid groups (broad SMARTS) is 1. The van der Waals surface area contributed by atoms with Gasteiger partial charge in [-0.1, -0.05) is 11.6 Å². The van der Waals surface area contributed by atoms with Crippen LogP contribution in [0.25, 0.3) is 0 Å². The molecule has 0 saturated carbocycles. The molecule has 0 radical (unpaired) electrons. The molecule has 9 heteroatoms. The van der Waals surface area contributed by atoms with Crippen LogP contribution in [0.1, 0.15) is 17.3 Å². The summed E-state index contributed by atoms with van der Waals surface area (Å²) < 4.78 is 19.3. The first-order valence-electron chi connectivity index (χ1n) is 5.91. The number of carboxylic acids is 1. The maximum atomic E-state index is 14.0. The van der Waals surface area contributed by atoms with E-state index >= 15 is 0 Å². The second-order valence-electron chi connectivity index (χ2n) is 4.72. The molecule has 1 aromatic rings. The van der Waals surface area contributed by atoms with Crippen LogP contribution < -0.4 is 15.6 Å². The second kappa shape index (κ2) is 5.38. The van der Waals surface area contributed by atoms with Crippen molar-refractivity contribution in [2.75, 3.05) is 13.7 Å². The molecule has 21 heavy (non-hydrogen) atoms. The number of likely N-dealkylation sites (N-methyl/N-ethyl adjacent to an activating group) is 1. The molecule has 0 aliphatic carbocycles. The van der Waals surface area contributed by atoms with Crippen molar-refractivity contribution in [1.29, 1.82) is 0 Å². The summed E-state index contributed by atoms with van der Waals surface area (Å²) in [6.45, 7) is 1.51.